The third-order valence-corrected chi connectivity index (χ3v) is 6.17. The molecule has 6 nitrogen and oxygen atoms in total. The number of rotatable bonds is 3. The van der Waals surface area contributed by atoms with Crippen molar-refractivity contribution in [3.05, 3.63) is 35.9 Å². The van der Waals surface area contributed by atoms with Crippen molar-refractivity contribution in [1.29, 1.82) is 0 Å². The summed E-state index contributed by atoms with van der Waals surface area (Å²) in [5.41, 5.74) is 1.11. The van der Waals surface area contributed by atoms with Gasteiger partial charge in [0.25, 0.3) is 0 Å². The summed E-state index contributed by atoms with van der Waals surface area (Å²) in [6.07, 6.45) is 3.31. The molecule has 0 aliphatic carbocycles. The molecule has 1 aliphatic rings. The quantitative estimate of drug-likeness (QED) is 0.797. The normalized spacial score (nSPS) is 20.7. The molecule has 112 valence electrons. The maximum absolute atomic E-state index is 12.0. The molecule has 3 heterocycles. The van der Waals surface area contributed by atoms with Crippen molar-refractivity contribution in [2.24, 2.45) is 0 Å². The molecule has 1 atom stereocenters. The highest BCUT2D eigenvalue weighted by molar-refractivity contribution is 7.92. The van der Waals surface area contributed by atoms with Gasteiger partial charge in [-0.15, -0.1) is 0 Å². The number of nitrogens with zero attached hydrogens (tertiary/aromatic N) is 2. The third-order valence-electron chi connectivity index (χ3n) is 3.89. The van der Waals surface area contributed by atoms with Gasteiger partial charge in [-0.1, -0.05) is 6.07 Å². The topological polar surface area (TPSA) is 77.7 Å². The summed E-state index contributed by atoms with van der Waals surface area (Å²) in [5.74, 6) is 0.362. The van der Waals surface area contributed by atoms with Crippen LogP contribution in [-0.2, 0) is 21.0 Å². The van der Waals surface area contributed by atoms with Crippen LogP contribution in [0.5, 0.6) is 0 Å². The fourth-order valence-corrected chi connectivity index (χ4v) is 4.64. The van der Waals surface area contributed by atoms with E-state index in [1.165, 1.54) is 7.11 Å². The predicted molar refractivity (Wildman–Crippen MR) is 77.0 cm³/mol. The number of carbonyl (C=O) groups excluding carboxylic acids is 1. The van der Waals surface area contributed by atoms with Crippen molar-refractivity contribution in [1.82, 2.24) is 9.38 Å². The van der Waals surface area contributed by atoms with Gasteiger partial charge in [-0.3, -0.25) is 4.40 Å². The standard InChI is InChI=1S/C14H16N2O4S/c1-20-14(17)12-6-2-4-10-9-15-13(16(10)12)8-11-5-3-7-21(11,18)19/h2,4,6,9,11H,3,5,7-8H2,1H3. The molecule has 1 saturated heterocycles. The zero-order valence-corrected chi connectivity index (χ0v) is 12.5. The van der Waals surface area contributed by atoms with Crippen LogP contribution >= 0.6 is 0 Å². The summed E-state index contributed by atoms with van der Waals surface area (Å²) < 4.78 is 30.4. The van der Waals surface area contributed by atoms with E-state index in [1.807, 2.05) is 6.07 Å². The number of imidazole rings is 1. The Bertz CT molecular complexity index is 794. The van der Waals surface area contributed by atoms with Gasteiger partial charge in [0.15, 0.2) is 9.84 Å². The number of ether oxygens (including phenoxy) is 1. The Morgan fingerprint density at radius 1 is 1.48 bits per heavy atom. The number of carbonyl (C=O) groups is 1. The van der Waals surface area contributed by atoms with Crippen LogP contribution in [0.1, 0.15) is 29.2 Å². The number of sulfone groups is 1. The summed E-state index contributed by atoms with van der Waals surface area (Å²) in [6, 6.07) is 5.22. The maximum atomic E-state index is 12.0. The van der Waals surface area contributed by atoms with E-state index < -0.39 is 21.1 Å². The molecule has 0 bridgehead atoms. The van der Waals surface area contributed by atoms with Crippen LogP contribution in [0.25, 0.3) is 5.52 Å². The molecular weight excluding hydrogens is 292 g/mol. The van der Waals surface area contributed by atoms with E-state index in [0.29, 0.717) is 30.8 Å². The predicted octanol–water partition coefficient (Wildman–Crippen LogP) is 1.24. The fraction of sp³-hybridized carbons (Fsp3) is 0.429. The number of aromatic nitrogens is 2. The molecular formula is C14H16N2O4S. The van der Waals surface area contributed by atoms with Gasteiger partial charge in [0.1, 0.15) is 11.5 Å². The van der Waals surface area contributed by atoms with E-state index in [0.717, 1.165) is 5.52 Å². The molecule has 1 aliphatic heterocycles. The first-order valence-electron chi connectivity index (χ1n) is 6.78. The molecule has 0 radical (unpaired) electrons. The Morgan fingerprint density at radius 3 is 2.95 bits per heavy atom. The SMILES string of the molecule is COC(=O)c1cccc2cnc(CC3CCCS3(=O)=O)n12. The number of methoxy groups -OCH3 is 1. The van der Waals surface area contributed by atoms with Crippen LogP contribution in [0.4, 0.5) is 0 Å². The van der Waals surface area contributed by atoms with Crippen molar-refractivity contribution in [2.45, 2.75) is 24.5 Å². The fourth-order valence-electron chi connectivity index (χ4n) is 2.81. The van der Waals surface area contributed by atoms with Gasteiger partial charge < -0.3 is 4.74 Å². The van der Waals surface area contributed by atoms with Gasteiger partial charge in [0.2, 0.25) is 0 Å². The largest absolute Gasteiger partial charge is 0.464 e. The molecule has 2 aromatic rings. The van der Waals surface area contributed by atoms with E-state index in [2.05, 4.69) is 4.98 Å². The molecule has 1 fully saturated rings. The van der Waals surface area contributed by atoms with Crippen molar-refractivity contribution >= 4 is 21.3 Å². The number of hydrogen-bond donors (Lipinski definition) is 0. The molecule has 7 heteroatoms. The number of fused-ring (bicyclic) bond motifs is 1. The molecule has 0 saturated carbocycles. The van der Waals surface area contributed by atoms with Crippen molar-refractivity contribution < 1.29 is 17.9 Å². The van der Waals surface area contributed by atoms with Gasteiger partial charge in [-0.25, -0.2) is 18.2 Å². The Labute approximate surface area is 122 Å². The zero-order valence-electron chi connectivity index (χ0n) is 11.7. The second-order valence-electron chi connectivity index (χ2n) is 5.17. The lowest BCUT2D eigenvalue weighted by atomic mass is 10.2. The lowest BCUT2D eigenvalue weighted by Crippen LogP contribution is -2.21. The summed E-state index contributed by atoms with van der Waals surface area (Å²) in [5, 5.41) is -0.409. The molecule has 1 unspecified atom stereocenters. The van der Waals surface area contributed by atoms with E-state index in [-0.39, 0.29) is 5.75 Å². The molecule has 0 N–H and O–H groups in total. The lowest BCUT2D eigenvalue weighted by Gasteiger charge is -2.10. The van der Waals surface area contributed by atoms with E-state index in [1.54, 1.807) is 22.7 Å². The van der Waals surface area contributed by atoms with Crippen LogP contribution in [0.15, 0.2) is 24.4 Å². The Balaban J connectivity index is 2.05. The zero-order chi connectivity index (χ0) is 15.0. The second-order valence-corrected chi connectivity index (χ2v) is 7.57. The minimum absolute atomic E-state index is 0.241. The van der Waals surface area contributed by atoms with Crippen molar-refractivity contribution in [2.75, 3.05) is 12.9 Å². The Kier molecular flexibility index (Phi) is 3.44. The van der Waals surface area contributed by atoms with E-state index in [9.17, 15) is 13.2 Å². The number of hydrogen-bond acceptors (Lipinski definition) is 5. The maximum Gasteiger partial charge on any atom is 0.355 e. The highest BCUT2D eigenvalue weighted by atomic mass is 32.2. The van der Waals surface area contributed by atoms with Crippen LogP contribution in [0, 0.1) is 0 Å². The third kappa shape index (κ3) is 2.42. The monoisotopic (exact) mass is 308 g/mol. The first-order valence-corrected chi connectivity index (χ1v) is 8.49. The average Bonchev–Trinajstić information content (AvgIpc) is 3.02. The van der Waals surface area contributed by atoms with Gasteiger partial charge in [-0.05, 0) is 25.0 Å². The number of pyridine rings is 1. The smallest absolute Gasteiger partial charge is 0.355 e. The van der Waals surface area contributed by atoms with Gasteiger partial charge in [0, 0.05) is 6.42 Å². The van der Waals surface area contributed by atoms with Gasteiger partial charge in [-0.2, -0.15) is 0 Å². The Morgan fingerprint density at radius 2 is 2.29 bits per heavy atom. The minimum atomic E-state index is -3.04. The molecule has 0 aromatic carbocycles. The molecule has 0 spiro atoms. The summed E-state index contributed by atoms with van der Waals surface area (Å²) in [6.45, 7) is 0. The summed E-state index contributed by atoms with van der Waals surface area (Å²) in [4.78, 5) is 16.1. The first kappa shape index (κ1) is 14.1. The second kappa shape index (κ2) is 5.14. The van der Waals surface area contributed by atoms with Gasteiger partial charge in [0.05, 0.1) is 29.8 Å². The Hall–Kier alpha value is -1.89. The van der Waals surface area contributed by atoms with Crippen LogP contribution in [-0.4, -0.2) is 41.9 Å². The highest BCUT2D eigenvalue weighted by Crippen LogP contribution is 2.24. The first-order chi connectivity index (χ1) is 10.0. The molecule has 2 aromatic heterocycles. The number of esters is 1. The summed E-state index contributed by atoms with van der Waals surface area (Å²) >= 11 is 0. The summed E-state index contributed by atoms with van der Waals surface area (Å²) in [7, 11) is -1.72. The van der Waals surface area contributed by atoms with Crippen LogP contribution in [0.2, 0.25) is 0 Å². The van der Waals surface area contributed by atoms with Crippen molar-refractivity contribution in [3.8, 4) is 0 Å². The van der Waals surface area contributed by atoms with E-state index in [4.69, 9.17) is 4.74 Å². The van der Waals surface area contributed by atoms with Gasteiger partial charge >= 0.3 is 5.97 Å². The molecule has 21 heavy (non-hydrogen) atoms. The minimum Gasteiger partial charge on any atom is -0.464 e. The van der Waals surface area contributed by atoms with E-state index >= 15 is 0 Å². The highest BCUT2D eigenvalue weighted by Gasteiger charge is 2.32. The lowest BCUT2D eigenvalue weighted by molar-refractivity contribution is 0.0592. The van der Waals surface area contributed by atoms with Crippen molar-refractivity contribution in [3.63, 3.8) is 0 Å². The average molecular weight is 308 g/mol. The van der Waals surface area contributed by atoms with Crippen LogP contribution in [0.3, 0.4) is 0 Å². The molecule has 3 rings (SSSR count). The van der Waals surface area contributed by atoms with Crippen LogP contribution < -0.4 is 0 Å². The molecule has 0 amide bonds.